The molecule has 3 nitrogen and oxygen atoms in total. The number of pyridine rings is 1. The van der Waals surface area contributed by atoms with Crippen LogP contribution >= 0.6 is 11.3 Å². The van der Waals surface area contributed by atoms with Crippen molar-refractivity contribution in [3.05, 3.63) is 52.0 Å². The SMILES string of the molecule is Cc1ccsc1C(=O)NCCc1cccnc1. The highest BCUT2D eigenvalue weighted by molar-refractivity contribution is 7.12. The number of nitrogens with zero attached hydrogens (tertiary/aromatic N) is 1. The van der Waals surface area contributed by atoms with E-state index >= 15 is 0 Å². The van der Waals surface area contributed by atoms with E-state index in [1.807, 2.05) is 36.7 Å². The van der Waals surface area contributed by atoms with Gasteiger partial charge in [-0.3, -0.25) is 9.78 Å². The number of thiophene rings is 1. The lowest BCUT2D eigenvalue weighted by molar-refractivity contribution is 0.0957. The van der Waals surface area contributed by atoms with Crippen LogP contribution < -0.4 is 5.32 Å². The quantitative estimate of drug-likeness (QED) is 0.900. The third kappa shape index (κ3) is 3.14. The van der Waals surface area contributed by atoms with E-state index in [0.717, 1.165) is 22.4 Å². The predicted molar refractivity (Wildman–Crippen MR) is 69.3 cm³/mol. The number of aromatic nitrogens is 1. The van der Waals surface area contributed by atoms with E-state index in [-0.39, 0.29) is 5.91 Å². The molecule has 0 aliphatic carbocycles. The molecule has 88 valence electrons. The van der Waals surface area contributed by atoms with Gasteiger partial charge in [-0.2, -0.15) is 0 Å². The van der Waals surface area contributed by atoms with E-state index in [4.69, 9.17) is 0 Å². The van der Waals surface area contributed by atoms with Gasteiger partial charge in [0.2, 0.25) is 0 Å². The summed E-state index contributed by atoms with van der Waals surface area (Å²) in [5, 5.41) is 4.85. The molecule has 0 fully saturated rings. The topological polar surface area (TPSA) is 42.0 Å². The van der Waals surface area contributed by atoms with Gasteiger partial charge in [0.15, 0.2) is 0 Å². The molecule has 0 aromatic carbocycles. The van der Waals surface area contributed by atoms with E-state index in [1.165, 1.54) is 11.3 Å². The Bertz CT molecular complexity index is 493. The zero-order chi connectivity index (χ0) is 12.1. The van der Waals surface area contributed by atoms with Crippen LogP contribution in [-0.2, 0) is 6.42 Å². The lowest BCUT2D eigenvalue weighted by Crippen LogP contribution is -2.25. The standard InChI is InChI=1S/C13H14N2OS/c1-10-5-8-17-12(10)13(16)15-7-4-11-3-2-6-14-9-11/h2-3,5-6,8-9H,4,7H2,1H3,(H,15,16). The fourth-order valence-corrected chi connectivity index (χ4v) is 2.39. The molecule has 0 atom stereocenters. The fraction of sp³-hybridized carbons (Fsp3) is 0.231. The van der Waals surface area contributed by atoms with Crippen LogP contribution in [0.3, 0.4) is 0 Å². The first kappa shape index (κ1) is 11.8. The van der Waals surface area contributed by atoms with E-state index in [1.54, 1.807) is 6.20 Å². The Labute approximate surface area is 105 Å². The molecule has 2 aromatic heterocycles. The van der Waals surface area contributed by atoms with Gasteiger partial charge in [-0.25, -0.2) is 0 Å². The first-order valence-electron chi connectivity index (χ1n) is 5.48. The number of hydrogen-bond acceptors (Lipinski definition) is 3. The van der Waals surface area contributed by atoms with E-state index in [9.17, 15) is 4.79 Å². The summed E-state index contributed by atoms with van der Waals surface area (Å²) in [5.41, 5.74) is 2.17. The van der Waals surface area contributed by atoms with Crippen molar-refractivity contribution in [3.8, 4) is 0 Å². The summed E-state index contributed by atoms with van der Waals surface area (Å²) in [6, 6.07) is 5.87. The Hall–Kier alpha value is -1.68. The van der Waals surface area contributed by atoms with Crippen LogP contribution in [-0.4, -0.2) is 17.4 Å². The normalized spacial score (nSPS) is 10.2. The van der Waals surface area contributed by atoms with Gasteiger partial charge >= 0.3 is 0 Å². The molecular weight excluding hydrogens is 232 g/mol. The van der Waals surface area contributed by atoms with Gasteiger partial charge in [-0.1, -0.05) is 6.07 Å². The lowest BCUT2D eigenvalue weighted by Gasteiger charge is -2.04. The van der Waals surface area contributed by atoms with Crippen LogP contribution in [0.1, 0.15) is 20.8 Å². The number of aryl methyl sites for hydroxylation is 1. The Balaban J connectivity index is 1.84. The van der Waals surface area contributed by atoms with Crippen molar-refractivity contribution in [1.82, 2.24) is 10.3 Å². The molecule has 2 heterocycles. The van der Waals surface area contributed by atoms with Crippen molar-refractivity contribution in [1.29, 1.82) is 0 Å². The van der Waals surface area contributed by atoms with Gasteiger partial charge in [0, 0.05) is 18.9 Å². The predicted octanol–water partition coefficient (Wildman–Crippen LogP) is 2.42. The van der Waals surface area contributed by atoms with Crippen molar-refractivity contribution >= 4 is 17.2 Å². The molecule has 0 unspecified atom stereocenters. The smallest absolute Gasteiger partial charge is 0.261 e. The molecule has 17 heavy (non-hydrogen) atoms. The number of nitrogens with one attached hydrogen (secondary N) is 1. The number of carbonyl (C=O) groups is 1. The van der Waals surface area contributed by atoms with Gasteiger partial charge < -0.3 is 5.32 Å². The van der Waals surface area contributed by atoms with Crippen LogP contribution in [0.5, 0.6) is 0 Å². The van der Waals surface area contributed by atoms with E-state index < -0.39 is 0 Å². The molecule has 1 N–H and O–H groups in total. The molecule has 4 heteroatoms. The maximum absolute atomic E-state index is 11.8. The summed E-state index contributed by atoms with van der Waals surface area (Å²) in [6.07, 6.45) is 4.38. The molecule has 0 aliphatic rings. The second-order valence-corrected chi connectivity index (χ2v) is 4.72. The summed E-state index contributed by atoms with van der Waals surface area (Å²) in [7, 11) is 0. The van der Waals surface area contributed by atoms with E-state index in [0.29, 0.717) is 6.54 Å². The Morgan fingerprint density at radius 3 is 3.00 bits per heavy atom. The van der Waals surface area contributed by atoms with E-state index in [2.05, 4.69) is 10.3 Å². The molecule has 0 bridgehead atoms. The second kappa shape index (κ2) is 5.59. The Morgan fingerprint density at radius 2 is 2.35 bits per heavy atom. The molecule has 1 amide bonds. The van der Waals surface area contributed by atoms with Gasteiger partial charge in [0.05, 0.1) is 4.88 Å². The third-order valence-corrected chi connectivity index (χ3v) is 3.51. The maximum Gasteiger partial charge on any atom is 0.261 e. The van der Waals surface area contributed by atoms with Crippen molar-refractivity contribution in [2.24, 2.45) is 0 Å². The minimum atomic E-state index is 0.0152. The fourth-order valence-electron chi connectivity index (χ4n) is 1.55. The molecule has 0 radical (unpaired) electrons. The zero-order valence-corrected chi connectivity index (χ0v) is 10.5. The monoisotopic (exact) mass is 246 g/mol. The van der Waals surface area contributed by atoms with Crippen molar-refractivity contribution in [3.63, 3.8) is 0 Å². The minimum Gasteiger partial charge on any atom is -0.351 e. The summed E-state index contributed by atoms with van der Waals surface area (Å²) < 4.78 is 0. The van der Waals surface area contributed by atoms with Crippen molar-refractivity contribution in [2.45, 2.75) is 13.3 Å². The van der Waals surface area contributed by atoms with Gasteiger partial charge in [-0.05, 0) is 42.0 Å². The molecule has 0 saturated heterocycles. The summed E-state index contributed by atoms with van der Waals surface area (Å²) >= 11 is 1.48. The largest absolute Gasteiger partial charge is 0.351 e. The highest BCUT2D eigenvalue weighted by atomic mass is 32.1. The molecule has 0 aliphatic heterocycles. The van der Waals surface area contributed by atoms with Crippen LogP contribution in [0, 0.1) is 6.92 Å². The summed E-state index contributed by atoms with van der Waals surface area (Å²) in [6.45, 7) is 2.59. The molecular formula is C13H14N2OS. The number of amides is 1. The van der Waals surface area contributed by atoms with Gasteiger partial charge in [-0.15, -0.1) is 11.3 Å². The number of rotatable bonds is 4. The molecule has 2 rings (SSSR count). The summed E-state index contributed by atoms with van der Waals surface area (Å²) in [5.74, 6) is 0.0152. The van der Waals surface area contributed by atoms with Crippen LogP contribution in [0.4, 0.5) is 0 Å². The van der Waals surface area contributed by atoms with Gasteiger partial charge in [0.25, 0.3) is 5.91 Å². The number of hydrogen-bond donors (Lipinski definition) is 1. The van der Waals surface area contributed by atoms with Crippen molar-refractivity contribution in [2.75, 3.05) is 6.54 Å². The van der Waals surface area contributed by atoms with Crippen LogP contribution in [0.25, 0.3) is 0 Å². The first-order valence-corrected chi connectivity index (χ1v) is 6.36. The lowest BCUT2D eigenvalue weighted by atomic mass is 10.2. The minimum absolute atomic E-state index is 0.0152. The molecule has 2 aromatic rings. The zero-order valence-electron chi connectivity index (χ0n) is 9.64. The maximum atomic E-state index is 11.8. The Kier molecular flexibility index (Phi) is 3.88. The van der Waals surface area contributed by atoms with Gasteiger partial charge in [0.1, 0.15) is 0 Å². The second-order valence-electron chi connectivity index (χ2n) is 3.80. The van der Waals surface area contributed by atoms with Crippen LogP contribution in [0.2, 0.25) is 0 Å². The third-order valence-electron chi connectivity index (χ3n) is 2.49. The number of carbonyl (C=O) groups excluding carboxylic acids is 1. The molecule has 0 spiro atoms. The first-order chi connectivity index (χ1) is 8.27. The highest BCUT2D eigenvalue weighted by Gasteiger charge is 2.09. The van der Waals surface area contributed by atoms with Crippen molar-refractivity contribution < 1.29 is 4.79 Å². The average Bonchev–Trinajstić information content (AvgIpc) is 2.77. The Morgan fingerprint density at radius 1 is 1.47 bits per heavy atom. The molecule has 0 saturated carbocycles. The highest BCUT2D eigenvalue weighted by Crippen LogP contribution is 2.14. The summed E-state index contributed by atoms with van der Waals surface area (Å²) in [4.78, 5) is 16.6. The average molecular weight is 246 g/mol. The van der Waals surface area contributed by atoms with Crippen LogP contribution in [0.15, 0.2) is 36.0 Å².